The van der Waals surface area contributed by atoms with Crippen LogP contribution in [0.2, 0.25) is 5.02 Å². The highest BCUT2D eigenvalue weighted by Gasteiger charge is 2.37. The van der Waals surface area contributed by atoms with Gasteiger partial charge in [0, 0.05) is 63.6 Å². The molecule has 170 valence electrons. The molecule has 1 aromatic heterocycles. The van der Waals surface area contributed by atoms with Gasteiger partial charge in [-0.05, 0) is 48.8 Å². The lowest BCUT2D eigenvalue weighted by Gasteiger charge is -2.39. The lowest BCUT2D eigenvalue weighted by atomic mass is 9.74. The third-order valence-corrected chi connectivity index (χ3v) is 6.89. The van der Waals surface area contributed by atoms with Crippen LogP contribution in [-0.2, 0) is 23.6 Å². The van der Waals surface area contributed by atoms with Crippen LogP contribution in [0.3, 0.4) is 0 Å². The molecule has 2 saturated heterocycles. The number of aryl methyl sites for hydroxylation is 1. The molecular weight excluding hydrogens is 525 g/mol. The minimum atomic E-state index is -0.0264. The monoisotopic (exact) mass is 557 g/mol. The highest BCUT2D eigenvalue weighted by atomic mass is 127. The molecule has 0 radical (unpaired) electrons. The normalized spacial score (nSPS) is 21.1. The number of aromatic nitrogens is 2. The molecule has 1 aromatic carbocycles. The Hall–Kier alpha value is -1.32. The van der Waals surface area contributed by atoms with E-state index in [0.29, 0.717) is 5.92 Å². The molecule has 0 spiro atoms. The Morgan fingerprint density at radius 2 is 2.10 bits per heavy atom. The summed E-state index contributed by atoms with van der Waals surface area (Å²) in [4.78, 5) is 6.99. The first-order chi connectivity index (χ1) is 14.6. The van der Waals surface area contributed by atoms with Gasteiger partial charge < -0.3 is 15.0 Å². The van der Waals surface area contributed by atoms with Crippen LogP contribution in [0.5, 0.6) is 0 Å². The van der Waals surface area contributed by atoms with Gasteiger partial charge in [0.2, 0.25) is 0 Å². The number of ether oxygens (including phenoxy) is 1. The second-order valence-corrected chi connectivity index (χ2v) is 9.01. The van der Waals surface area contributed by atoms with Gasteiger partial charge in [0.25, 0.3) is 0 Å². The molecule has 2 aliphatic heterocycles. The Morgan fingerprint density at radius 1 is 1.32 bits per heavy atom. The van der Waals surface area contributed by atoms with Crippen molar-refractivity contribution < 1.29 is 4.74 Å². The van der Waals surface area contributed by atoms with Crippen LogP contribution in [0.25, 0.3) is 0 Å². The molecule has 0 aliphatic carbocycles. The van der Waals surface area contributed by atoms with Crippen LogP contribution in [0, 0.1) is 5.92 Å². The van der Waals surface area contributed by atoms with E-state index in [1.807, 2.05) is 37.1 Å². The van der Waals surface area contributed by atoms with Crippen LogP contribution >= 0.6 is 35.6 Å². The van der Waals surface area contributed by atoms with Gasteiger partial charge in [0.15, 0.2) is 5.96 Å². The third-order valence-electron chi connectivity index (χ3n) is 6.56. The molecule has 3 heterocycles. The molecule has 0 saturated carbocycles. The molecule has 0 bridgehead atoms. The summed E-state index contributed by atoms with van der Waals surface area (Å²) in [6.07, 6.45) is 8.28. The fourth-order valence-corrected chi connectivity index (χ4v) is 5.21. The van der Waals surface area contributed by atoms with Crippen LogP contribution in [-0.4, -0.2) is 60.5 Å². The van der Waals surface area contributed by atoms with Crippen LogP contribution in [0.1, 0.15) is 30.4 Å². The number of nitrogens with one attached hydrogen (secondary N) is 1. The third kappa shape index (κ3) is 5.73. The molecular formula is C23H33ClIN5O. The minimum Gasteiger partial charge on any atom is -0.381 e. The number of rotatable bonds is 5. The molecule has 2 aromatic rings. The van der Waals surface area contributed by atoms with Gasteiger partial charge in [-0.2, -0.15) is 5.10 Å². The average Bonchev–Trinajstić information content (AvgIpc) is 3.39. The standard InChI is InChI=1S/C23H32ClN5O.HI/c1-25-22(29-10-7-18(16-29)13-19-14-27-28(2)15-19)26-17-23(8-11-30-12-9-23)20-5-3-4-6-21(20)24;/h3-6,14-15,18H,7-13,16-17H2,1-2H3,(H,25,26);1H. The number of hydrogen-bond donors (Lipinski definition) is 1. The van der Waals surface area contributed by atoms with Gasteiger partial charge in [-0.15, -0.1) is 24.0 Å². The van der Waals surface area contributed by atoms with Crippen molar-refractivity contribution in [2.45, 2.75) is 31.1 Å². The topological polar surface area (TPSA) is 54.7 Å². The lowest BCUT2D eigenvalue weighted by Crippen LogP contribution is -2.49. The number of halogens is 2. The summed E-state index contributed by atoms with van der Waals surface area (Å²) in [5.41, 5.74) is 2.50. The van der Waals surface area contributed by atoms with Crippen molar-refractivity contribution >= 4 is 41.5 Å². The summed E-state index contributed by atoms with van der Waals surface area (Å²) >= 11 is 6.61. The molecule has 8 heteroatoms. The molecule has 1 atom stereocenters. The zero-order valence-corrected chi connectivity index (χ0v) is 21.5. The van der Waals surface area contributed by atoms with E-state index in [1.54, 1.807) is 0 Å². The predicted octanol–water partition coefficient (Wildman–Crippen LogP) is 3.88. The summed E-state index contributed by atoms with van der Waals surface area (Å²) in [7, 11) is 3.85. The van der Waals surface area contributed by atoms with Crippen molar-refractivity contribution in [3.8, 4) is 0 Å². The Morgan fingerprint density at radius 3 is 2.77 bits per heavy atom. The lowest BCUT2D eigenvalue weighted by molar-refractivity contribution is 0.0512. The van der Waals surface area contributed by atoms with Gasteiger partial charge in [-0.3, -0.25) is 9.67 Å². The second kappa shape index (κ2) is 11.0. The second-order valence-electron chi connectivity index (χ2n) is 8.60. The number of aliphatic imine (C=N–C) groups is 1. The Balaban J connectivity index is 0.00000272. The minimum absolute atomic E-state index is 0. The summed E-state index contributed by atoms with van der Waals surface area (Å²) in [6.45, 7) is 4.41. The first kappa shape index (κ1) is 24.3. The van der Waals surface area contributed by atoms with E-state index in [2.05, 4.69) is 38.6 Å². The number of guanidine groups is 1. The highest BCUT2D eigenvalue weighted by molar-refractivity contribution is 14.0. The molecule has 2 aliphatic rings. The average molecular weight is 558 g/mol. The molecule has 1 unspecified atom stereocenters. The molecule has 0 amide bonds. The van der Waals surface area contributed by atoms with Crippen molar-refractivity contribution in [3.63, 3.8) is 0 Å². The van der Waals surface area contributed by atoms with Crippen molar-refractivity contribution in [2.24, 2.45) is 18.0 Å². The molecule has 31 heavy (non-hydrogen) atoms. The van der Waals surface area contributed by atoms with E-state index in [4.69, 9.17) is 16.3 Å². The fraction of sp³-hybridized carbons (Fsp3) is 0.565. The van der Waals surface area contributed by atoms with Gasteiger partial charge in [0.1, 0.15) is 0 Å². The quantitative estimate of drug-likeness (QED) is 0.345. The van der Waals surface area contributed by atoms with E-state index in [0.717, 1.165) is 63.1 Å². The summed E-state index contributed by atoms with van der Waals surface area (Å²) < 4.78 is 7.55. The first-order valence-corrected chi connectivity index (χ1v) is 11.2. The molecule has 2 fully saturated rings. The van der Waals surface area contributed by atoms with E-state index < -0.39 is 0 Å². The van der Waals surface area contributed by atoms with E-state index in [9.17, 15) is 0 Å². The first-order valence-electron chi connectivity index (χ1n) is 10.9. The van der Waals surface area contributed by atoms with E-state index >= 15 is 0 Å². The summed E-state index contributed by atoms with van der Waals surface area (Å²) in [5, 5.41) is 8.82. The summed E-state index contributed by atoms with van der Waals surface area (Å²) in [6, 6.07) is 8.24. The van der Waals surface area contributed by atoms with E-state index in [-0.39, 0.29) is 29.4 Å². The van der Waals surface area contributed by atoms with Gasteiger partial charge in [-0.25, -0.2) is 0 Å². The maximum absolute atomic E-state index is 6.61. The van der Waals surface area contributed by atoms with Crippen LogP contribution < -0.4 is 5.32 Å². The maximum atomic E-state index is 6.61. The van der Waals surface area contributed by atoms with Crippen LogP contribution in [0.4, 0.5) is 0 Å². The Kier molecular flexibility index (Phi) is 8.64. The molecule has 4 rings (SSSR count). The van der Waals surface area contributed by atoms with Gasteiger partial charge in [-0.1, -0.05) is 29.8 Å². The summed E-state index contributed by atoms with van der Waals surface area (Å²) in [5.74, 6) is 1.62. The van der Waals surface area contributed by atoms with Crippen molar-refractivity contribution in [2.75, 3.05) is 39.9 Å². The fourth-order valence-electron chi connectivity index (χ4n) is 4.88. The smallest absolute Gasteiger partial charge is 0.193 e. The van der Waals surface area contributed by atoms with Gasteiger partial charge >= 0.3 is 0 Å². The predicted molar refractivity (Wildman–Crippen MR) is 137 cm³/mol. The number of likely N-dealkylation sites (tertiary alicyclic amines) is 1. The van der Waals surface area contributed by atoms with Crippen molar-refractivity contribution in [1.29, 1.82) is 0 Å². The Bertz CT molecular complexity index is 880. The zero-order valence-electron chi connectivity index (χ0n) is 18.4. The number of nitrogens with zero attached hydrogens (tertiary/aromatic N) is 4. The highest BCUT2D eigenvalue weighted by Crippen LogP contribution is 2.38. The number of benzene rings is 1. The van der Waals surface area contributed by atoms with E-state index in [1.165, 1.54) is 17.5 Å². The maximum Gasteiger partial charge on any atom is 0.193 e. The van der Waals surface area contributed by atoms with Crippen molar-refractivity contribution in [3.05, 3.63) is 52.8 Å². The molecule has 6 nitrogen and oxygen atoms in total. The van der Waals surface area contributed by atoms with Gasteiger partial charge in [0.05, 0.1) is 6.20 Å². The molecule has 1 N–H and O–H groups in total. The number of hydrogen-bond acceptors (Lipinski definition) is 3. The largest absolute Gasteiger partial charge is 0.381 e. The Labute approximate surface area is 207 Å². The SMILES string of the molecule is CN=C(NCC1(c2ccccc2Cl)CCOCC1)N1CCC(Cc2cnn(C)c2)C1.I. The zero-order chi connectivity index (χ0) is 21.0. The van der Waals surface area contributed by atoms with Crippen LogP contribution in [0.15, 0.2) is 41.7 Å². The van der Waals surface area contributed by atoms with Crippen molar-refractivity contribution in [1.82, 2.24) is 20.0 Å².